The van der Waals surface area contributed by atoms with Crippen LogP contribution in [0.2, 0.25) is 0 Å². The molecule has 3 aliphatic rings. The summed E-state index contributed by atoms with van der Waals surface area (Å²) in [4.78, 5) is 20.0. The fourth-order valence-electron chi connectivity index (χ4n) is 6.49. The standard InChI is InChI=1S/C30H35N3O4S/c1-18-6-5-7-24(27(18)37-15-21-9-8-20-13-31-11-10-23(20)19(21)2)25-17-38-29(32-25)33-14-22-12-30(22,28(34)36-4)26(33)16-35-3/h5-9,17,22,26,31H,10-16H2,1-4H3/t22-,26+,30+/m0/s1. The highest BCUT2D eigenvalue weighted by molar-refractivity contribution is 7.14. The fourth-order valence-corrected chi connectivity index (χ4v) is 7.38. The maximum Gasteiger partial charge on any atom is 0.314 e. The number of nitrogens with zero attached hydrogens (tertiary/aromatic N) is 2. The second kappa shape index (κ2) is 9.98. The number of anilines is 1. The third kappa shape index (κ3) is 4.10. The number of thiazole rings is 1. The minimum absolute atomic E-state index is 0.0700. The first-order valence-corrected chi connectivity index (χ1v) is 14.2. The lowest BCUT2D eigenvalue weighted by molar-refractivity contribution is -0.148. The van der Waals surface area contributed by atoms with E-state index in [1.165, 1.54) is 29.4 Å². The fraction of sp³-hybridized carbons (Fsp3) is 0.467. The molecule has 3 heterocycles. The zero-order chi connectivity index (χ0) is 26.4. The van der Waals surface area contributed by atoms with Gasteiger partial charge in [-0.1, -0.05) is 24.3 Å². The maximum atomic E-state index is 12.7. The van der Waals surface area contributed by atoms with Crippen molar-refractivity contribution in [2.24, 2.45) is 11.3 Å². The lowest BCUT2D eigenvalue weighted by Gasteiger charge is -2.30. The molecule has 38 heavy (non-hydrogen) atoms. The summed E-state index contributed by atoms with van der Waals surface area (Å²) in [6.45, 7) is 8.04. The summed E-state index contributed by atoms with van der Waals surface area (Å²) in [5, 5.41) is 6.45. The molecule has 200 valence electrons. The molecule has 0 bridgehead atoms. The number of carbonyl (C=O) groups excluding carboxylic acids is 1. The van der Waals surface area contributed by atoms with Crippen LogP contribution in [0.15, 0.2) is 35.7 Å². The van der Waals surface area contributed by atoms with Crippen LogP contribution in [0.1, 0.15) is 34.2 Å². The number of hydrogen-bond acceptors (Lipinski definition) is 8. The number of fused-ring (bicyclic) bond motifs is 2. The Morgan fingerprint density at radius 2 is 2.11 bits per heavy atom. The molecule has 2 aliphatic heterocycles. The Kier molecular flexibility index (Phi) is 6.66. The number of carbonyl (C=O) groups is 1. The first kappa shape index (κ1) is 25.3. The molecule has 7 nitrogen and oxygen atoms in total. The van der Waals surface area contributed by atoms with Crippen molar-refractivity contribution in [1.29, 1.82) is 0 Å². The van der Waals surface area contributed by atoms with Gasteiger partial charge in [0.15, 0.2) is 5.13 Å². The van der Waals surface area contributed by atoms with E-state index in [0.29, 0.717) is 13.2 Å². The molecule has 8 heteroatoms. The average Bonchev–Trinajstić information content (AvgIpc) is 3.29. The van der Waals surface area contributed by atoms with Crippen LogP contribution in [-0.4, -0.2) is 50.9 Å². The van der Waals surface area contributed by atoms with E-state index in [1.807, 2.05) is 0 Å². The third-order valence-corrected chi connectivity index (χ3v) is 9.58. The van der Waals surface area contributed by atoms with Gasteiger partial charge in [0.05, 0.1) is 30.9 Å². The van der Waals surface area contributed by atoms with Gasteiger partial charge in [-0.05, 0) is 73.0 Å². The van der Waals surface area contributed by atoms with Crippen molar-refractivity contribution in [2.75, 3.05) is 38.8 Å². The van der Waals surface area contributed by atoms with E-state index < -0.39 is 5.41 Å². The molecule has 1 aromatic heterocycles. The van der Waals surface area contributed by atoms with Gasteiger partial charge in [0, 0.05) is 31.1 Å². The summed E-state index contributed by atoms with van der Waals surface area (Å²) in [5.41, 5.74) is 7.90. The van der Waals surface area contributed by atoms with E-state index in [2.05, 4.69) is 59.8 Å². The molecular formula is C30H35N3O4S. The van der Waals surface area contributed by atoms with Crippen LogP contribution in [0.3, 0.4) is 0 Å². The molecule has 1 saturated heterocycles. The lowest BCUT2D eigenvalue weighted by atomic mass is 9.93. The summed E-state index contributed by atoms with van der Waals surface area (Å²) in [6.07, 6.45) is 1.92. The molecule has 3 atom stereocenters. The minimum Gasteiger partial charge on any atom is -0.488 e. The number of piperidine rings is 1. The Labute approximate surface area is 228 Å². The number of ether oxygens (including phenoxy) is 3. The van der Waals surface area contributed by atoms with E-state index in [0.717, 1.165) is 60.2 Å². The highest BCUT2D eigenvalue weighted by Gasteiger charge is 2.71. The molecule has 6 rings (SSSR count). The Hall–Kier alpha value is -2.94. The van der Waals surface area contributed by atoms with Crippen LogP contribution in [0.25, 0.3) is 11.3 Å². The van der Waals surface area contributed by atoms with Gasteiger partial charge in [-0.2, -0.15) is 0 Å². The highest BCUT2D eigenvalue weighted by atomic mass is 32.1. The van der Waals surface area contributed by atoms with E-state index in [-0.39, 0.29) is 17.9 Å². The van der Waals surface area contributed by atoms with Gasteiger partial charge in [0.2, 0.25) is 0 Å². The van der Waals surface area contributed by atoms with Crippen molar-refractivity contribution >= 4 is 22.4 Å². The van der Waals surface area contributed by atoms with Gasteiger partial charge in [-0.3, -0.25) is 4.79 Å². The second-order valence-corrected chi connectivity index (χ2v) is 11.6. The van der Waals surface area contributed by atoms with Crippen molar-refractivity contribution in [3.63, 3.8) is 0 Å². The van der Waals surface area contributed by atoms with E-state index in [4.69, 9.17) is 19.2 Å². The Bertz CT molecular complexity index is 1370. The molecule has 3 aromatic rings. The number of aryl methyl sites for hydroxylation is 1. The van der Waals surface area contributed by atoms with Gasteiger partial charge >= 0.3 is 5.97 Å². The van der Waals surface area contributed by atoms with Gasteiger partial charge in [0.1, 0.15) is 12.4 Å². The van der Waals surface area contributed by atoms with Crippen LogP contribution in [0.5, 0.6) is 5.75 Å². The van der Waals surface area contributed by atoms with Crippen LogP contribution in [-0.2, 0) is 33.8 Å². The molecule has 0 spiro atoms. The molecule has 0 unspecified atom stereocenters. The Morgan fingerprint density at radius 3 is 2.92 bits per heavy atom. The number of methoxy groups -OCH3 is 2. The summed E-state index contributed by atoms with van der Waals surface area (Å²) < 4.78 is 17.2. The number of para-hydroxylation sites is 1. The molecule has 0 amide bonds. The van der Waals surface area contributed by atoms with Crippen LogP contribution in [0, 0.1) is 25.2 Å². The zero-order valence-corrected chi connectivity index (χ0v) is 23.3. The topological polar surface area (TPSA) is 72.9 Å². The third-order valence-electron chi connectivity index (χ3n) is 8.70. The molecular weight excluding hydrogens is 498 g/mol. The largest absolute Gasteiger partial charge is 0.488 e. The summed E-state index contributed by atoms with van der Waals surface area (Å²) in [5.74, 6) is 1.02. The van der Waals surface area contributed by atoms with Gasteiger partial charge < -0.3 is 24.4 Å². The zero-order valence-electron chi connectivity index (χ0n) is 22.5. The molecule has 1 saturated carbocycles. The van der Waals surface area contributed by atoms with Crippen molar-refractivity contribution < 1.29 is 19.0 Å². The van der Waals surface area contributed by atoms with Crippen LogP contribution < -0.4 is 15.0 Å². The van der Waals surface area contributed by atoms with Crippen LogP contribution in [0.4, 0.5) is 5.13 Å². The quantitative estimate of drug-likeness (QED) is 0.422. The van der Waals surface area contributed by atoms with Gasteiger partial charge in [-0.25, -0.2) is 4.98 Å². The predicted octanol–water partition coefficient (Wildman–Crippen LogP) is 4.67. The average molecular weight is 534 g/mol. The smallest absolute Gasteiger partial charge is 0.314 e. The maximum absolute atomic E-state index is 12.7. The van der Waals surface area contributed by atoms with Gasteiger partial charge in [-0.15, -0.1) is 11.3 Å². The summed E-state index contributed by atoms with van der Waals surface area (Å²) in [7, 11) is 3.16. The van der Waals surface area contributed by atoms with E-state index in [1.54, 1.807) is 18.4 Å². The SMILES string of the molecule is COC[C@H]1N(c2nc(-c3cccc(C)c3OCc3ccc4c(c3C)CCNC4)cs2)C[C@@H]2C[C@@]21C(=O)OC. The highest BCUT2D eigenvalue weighted by Crippen LogP contribution is 2.63. The Balaban J connectivity index is 1.26. The van der Waals surface area contributed by atoms with Crippen LogP contribution >= 0.6 is 11.3 Å². The van der Waals surface area contributed by atoms with E-state index >= 15 is 0 Å². The van der Waals surface area contributed by atoms with Crippen molar-refractivity contribution in [3.8, 4) is 17.0 Å². The number of benzene rings is 2. The van der Waals surface area contributed by atoms with Gasteiger partial charge in [0.25, 0.3) is 0 Å². The molecule has 2 aromatic carbocycles. The number of aromatic nitrogens is 1. The lowest BCUT2D eigenvalue weighted by Crippen LogP contribution is -2.44. The molecule has 1 aliphatic carbocycles. The van der Waals surface area contributed by atoms with E-state index in [9.17, 15) is 4.79 Å². The number of rotatable bonds is 8. The normalized spacial score (nSPS) is 23.6. The minimum atomic E-state index is -0.475. The second-order valence-electron chi connectivity index (χ2n) is 10.7. The first-order chi connectivity index (χ1) is 18.5. The molecule has 2 fully saturated rings. The number of nitrogens with one attached hydrogen (secondary N) is 1. The van der Waals surface area contributed by atoms with Crippen molar-refractivity contribution in [2.45, 2.75) is 45.9 Å². The first-order valence-electron chi connectivity index (χ1n) is 13.3. The predicted molar refractivity (Wildman–Crippen MR) is 149 cm³/mol. The monoisotopic (exact) mass is 533 g/mol. The summed E-state index contributed by atoms with van der Waals surface area (Å²) >= 11 is 1.60. The summed E-state index contributed by atoms with van der Waals surface area (Å²) in [6, 6.07) is 10.6. The van der Waals surface area contributed by atoms with Crippen molar-refractivity contribution in [1.82, 2.24) is 10.3 Å². The van der Waals surface area contributed by atoms with Crippen molar-refractivity contribution in [3.05, 3.63) is 63.5 Å². The molecule has 0 radical (unpaired) electrons. The number of hydrogen-bond donors (Lipinski definition) is 1. The molecule has 1 N–H and O–H groups in total. The number of esters is 1. The Morgan fingerprint density at radius 1 is 1.24 bits per heavy atom.